The number of amides is 5. The molecule has 5 atom stereocenters. The number of rotatable bonds is 5. The van der Waals surface area contributed by atoms with Gasteiger partial charge in [-0.1, -0.05) is 58.8 Å². The highest BCUT2D eigenvalue weighted by atomic mass is 32.2. The molecule has 14 heteroatoms. The maximum absolute atomic E-state index is 13.8. The summed E-state index contributed by atoms with van der Waals surface area (Å²) < 4.78 is 24.1. The highest BCUT2D eigenvalue weighted by molar-refractivity contribution is 7.88. The number of primary amides is 1. The van der Waals surface area contributed by atoms with Crippen LogP contribution in [0.4, 0.5) is 4.79 Å². The van der Waals surface area contributed by atoms with E-state index < -0.39 is 57.7 Å². The van der Waals surface area contributed by atoms with E-state index in [9.17, 15) is 32.4 Å². The molecule has 3 fully saturated rings. The summed E-state index contributed by atoms with van der Waals surface area (Å²) in [5, 5.41) is 5.31. The third kappa shape index (κ3) is 7.27. The molecule has 0 aromatic heterocycles. The highest BCUT2D eigenvalue weighted by Gasteiger charge is 2.69. The number of carbonyl (C=O) groups is 5. The van der Waals surface area contributed by atoms with Crippen LogP contribution in [0.5, 0.6) is 0 Å². The van der Waals surface area contributed by atoms with Gasteiger partial charge in [0, 0.05) is 13.6 Å². The monoisotopic (exact) mass is 570 g/mol. The third-order valence-electron chi connectivity index (χ3n) is 8.48. The molecule has 2 heterocycles. The van der Waals surface area contributed by atoms with Crippen LogP contribution in [0.3, 0.4) is 0 Å². The predicted molar refractivity (Wildman–Crippen MR) is 142 cm³/mol. The Balaban J connectivity index is 1.86. The smallest absolute Gasteiger partial charge is 0.330 e. The lowest BCUT2D eigenvalue weighted by Crippen LogP contribution is -2.59. The molecule has 0 radical (unpaired) electrons. The molecule has 3 aliphatic rings. The summed E-state index contributed by atoms with van der Waals surface area (Å²) in [5.41, 5.74) is 7.26. The lowest BCUT2D eigenvalue weighted by atomic mass is 9.97. The van der Waals surface area contributed by atoms with Gasteiger partial charge in [0.05, 0.1) is 12.3 Å². The molecule has 13 nitrogen and oxygen atoms in total. The van der Waals surface area contributed by atoms with Crippen molar-refractivity contribution in [2.45, 2.75) is 89.8 Å². The van der Waals surface area contributed by atoms with Gasteiger partial charge in [0.2, 0.25) is 27.6 Å². The van der Waals surface area contributed by atoms with Crippen molar-refractivity contribution in [1.82, 2.24) is 25.4 Å². The maximum atomic E-state index is 13.8. The van der Waals surface area contributed by atoms with Crippen LogP contribution < -0.4 is 21.8 Å². The van der Waals surface area contributed by atoms with Gasteiger partial charge in [-0.15, -0.1) is 4.41 Å². The van der Waals surface area contributed by atoms with E-state index in [1.807, 2.05) is 13.8 Å². The number of ketones is 1. The summed E-state index contributed by atoms with van der Waals surface area (Å²) >= 11 is 0. The summed E-state index contributed by atoms with van der Waals surface area (Å²) in [7, 11) is -2.52. The van der Waals surface area contributed by atoms with Crippen molar-refractivity contribution in [3.8, 4) is 0 Å². The van der Waals surface area contributed by atoms with Crippen LogP contribution in [0.2, 0.25) is 0 Å². The van der Waals surface area contributed by atoms with Gasteiger partial charge in [0.1, 0.15) is 12.1 Å². The maximum Gasteiger partial charge on any atom is 0.330 e. The van der Waals surface area contributed by atoms with E-state index in [1.165, 1.54) is 11.9 Å². The van der Waals surface area contributed by atoms with Crippen molar-refractivity contribution < 1.29 is 32.4 Å². The van der Waals surface area contributed by atoms with Crippen molar-refractivity contribution in [1.29, 1.82) is 0 Å². The molecule has 2 aliphatic heterocycles. The second-order valence-corrected chi connectivity index (χ2v) is 13.6. The van der Waals surface area contributed by atoms with Gasteiger partial charge in [0.15, 0.2) is 0 Å². The standard InChI is InChI=1S/C25H42N6O7S/c1-25(2)15-14-31-19(18(15)25)22(34)27-16(20(32)21(26)33)12-10-8-6-5-7-9-11-13-17(23(31)35)28-24(36)29-30(3)39(4,37)38/h15-19H,5-14H2,1-4H3,(H2,26,33)(H,27,34)(H2,28,29,36)/t15-,16-,17-,18-,19-/m0/s1. The Hall–Kier alpha value is -2.74. The minimum Gasteiger partial charge on any atom is -0.363 e. The topological polar surface area (TPSA) is 188 Å². The second-order valence-electron chi connectivity index (χ2n) is 11.6. The van der Waals surface area contributed by atoms with Gasteiger partial charge in [-0.2, -0.15) is 0 Å². The molecular formula is C25H42N6O7S. The molecule has 3 rings (SSSR count). The van der Waals surface area contributed by atoms with E-state index in [-0.39, 0.29) is 23.7 Å². The third-order valence-corrected chi connectivity index (χ3v) is 9.57. The SMILES string of the molecule is CN(NC(=O)N[C@H]1CCCCCCCCC[C@@H](C(=O)C(N)=O)NC(=O)[C@@H]2[C@@H]3[C@H](CN2C1=O)C3(C)C)S(C)(=O)=O. The minimum atomic E-state index is -3.70. The Morgan fingerprint density at radius 3 is 2.15 bits per heavy atom. The number of urea groups is 1. The van der Waals surface area contributed by atoms with E-state index in [4.69, 9.17) is 5.73 Å². The van der Waals surface area contributed by atoms with Gasteiger partial charge in [-0.25, -0.2) is 13.2 Å². The van der Waals surface area contributed by atoms with Crippen molar-refractivity contribution in [3.05, 3.63) is 0 Å². The number of Topliss-reactive ketones (excluding diaryl/α,β-unsaturated/α-hetero) is 1. The van der Waals surface area contributed by atoms with Crippen LogP contribution in [0.1, 0.15) is 71.6 Å². The molecule has 5 N–H and O–H groups in total. The number of carbonyl (C=O) groups excluding carboxylic acids is 5. The van der Waals surface area contributed by atoms with Gasteiger partial charge < -0.3 is 21.3 Å². The van der Waals surface area contributed by atoms with E-state index in [0.717, 1.165) is 38.4 Å². The molecule has 220 valence electrons. The van der Waals surface area contributed by atoms with E-state index in [1.54, 1.807) is 0 Å². The summed E-state index contributed by atoms with van der Waals surface area (Å²) in [6.07, 6.45) is 7.31. The molecular weight excluding hydrogens is 528 g/mol. The highest BCUT2D eigenvalue weighted by Crippen LogP contribution is 2.64. The Labute approximate surface area is 230 Å². The number of fused-ring (bicyclic) bond motifs is 3. The quantitative estimate of drug-likeness (QED) is 0.264. The normalized spacial score (nSPS) is 30.1. The molecule has 0 spiro atoms. The Morgan fingerprint density at radius 2 is 1.59 bits per heavy atom. The first-order valence-corrected chi connectivity index (χ1v) is 15.5. The number of hydrogen-bond donors (Lipinski definition) is 4. The Kier molecular flexibility index (Phi) is 9.63. The lowest BCUT2D eigenvalue weighted by molar-refractivity contribution is -0.143. The number of nitrogens with two attached hydrogens (primary N) is 1. The minimum absolute atomic E-state index is 0.0652. The summed E-state index contributed by atoms with van der Waals surface area (Å²) in [6, 6.07) is -3.77. The molecule has 39 heavy (non-hydrogen) atoms. The van der Waals surface area contributed by atoms with E-state index in [0.29, 0.717) is 30.2 Å². The fourth-order valence-electron chi connectivity index (χ4n) is 5.97. The predicted octanol–water partition coefficient (Wildman–Crippen LogP) is 0.00730. The molecule has 1 saturated carbocycles. The Morgan fingerprint density at radius 1 is 1.03 bits per heavy atom. The largest absolute Gasteiger partial charge is 0.363 e. The van der Waals surface area contributed by atoms with Crippen molar-refractivity contribution in [2.75, 3.05) is 19.8 Å². The zero-order chi connectivity index (χ0) is 29.1. The number of hydrazine groups is 1. The van der Waals surface area contributed by atoms with Crippen LogP contribution in [-0.4, -0.2) is 85.2 Å². The summed E-state index contributed by atoms with van der Waals surface area (Å²) in [4.78, 5) is 65.7. The number of nitrogens with zero attached hydrogens (tertiary/aromatic N) is 2. The van der Waals surface area contributed by atoms with Crippen molar-refractivity contribution in [2.24, 2.45) is 23.0 Å². The fourth-order valence-corrected chi connectivity index (χ4v) is 6.21. The molecule has 0 bridgehead atoms. The van der Waals surface area contributed by atoms with Gasteiger partial charge in [-0.3, -0.25) is 24.6 Å². The first-order chi connectivity index (χ1) is 18.2. The average molecular weight is 571 g/mol. The lowest BCUT2D eigenvalue weighted by Gasteiger charge is -2.34. The number of sulfonamides is 1. The zero-order valence-corrected chi connectivity index (χ0v) is 24.0. The molecule has 0 unspecified atom stereocenters. The molecule has 2 saturated heterocycles. The van der Waals surface area contributed by atoms with Crippen LogP contribution >= 0.6 is 0 Å². The average Bonchev–Trinajstić information content (AvgIpc) is 3.16. The fraction of sp³-hybridized carbons (Fsp3) is 0.800. The van der Waals surface area contributed by atoms with Gasteiger partial charge in [-0.05, 0) is 30.1 Å². The van der Waals surface area contributed by atoms with Crippen LogP contribution in [0, 0.1) is 17.3 Å². The van der Waals surface area contributed by atoms with Crippen LogP contribution in [0.25, 0.3) is 0 Å². The number of hydrogen-bond acceptors (Lipinski definition) is 7. The summed E-state index contributed by atoms with van der Waals surface area (Å²) in [6.45, 7) is 4.35. The molecule has 0 aromatic rings. The number of piperidine rings is 1. The van der Waals surface area contributed by atoms with Crippen LogP contribution in [-0.2, 0) is 29.2 Å². The van der Waals surface area contributed by atoms with Crippen molar-refractivity contribution in [3.63, 3.8) is 0 Å². The van der Waals surface area contributed by atoms with E-state index >= 15 is 0 Å². The van der Waals surface area contributed by atoms with Crippen LogP contribution in [0.15, 0.2) is 0 Å². The molecule has 0 aromatic carbocycles. The van der Waals surface area contributed by atoms with Gasteiger partial charge in [0.25, 0.3) is 5.91 Å². The van der Waals surface area contributed by atoms with Crippen molar-refractivity contribution >= 4 is 39.6 Å². The van der Waals surface area contributed by atoms with E-state index in [2.05, 4.69) is 16.1 Å². The second kappa shape index (κ2) is 12.2. The first kappa shape index (κ1) is 30.8. The van der Waals surface area contributed by atoms with Gasteiger partial charge >= 0.3 is 6.03 Å². The molecule has 5 amide bonds. The zero-order valence-electron chi connectivity index (χ0n) is 23.2. The first-order valence-electron chi connectivity index (χ1n) is 13.6. The number of nitrogens with one attached hydrogen (secondary N) is 3. The molecule has 1 aliphatic carbocycles. The Bertz CT molecular complexity index is 1090. The summed E-state index contributed by atoms with van der Waals surface area (Å²) in [5.74, 6) is -3.02.